The van der Waals surface area contributed by atoms with Crippen LogP contribution in [0.1, 0.15) is 67.8 Å². The van der Waals surface area contributed by atoms with Gasteiger partial charge in [0.2, 0.25) is 5.91 Å². The van der Waals surface area contributed by atoms with Crippen LogP contribution in [-0.2, 0) is 4.79 Å². The van der Waals surface area contributed by atoms with Crippen molar-refractivity contribution >= 4 is 39.4 Å². The zero-order valence-corrected chi connectivity index (χ0v) is 22.3. The second kappa shape index (κ2) is 9.24. The lowest BCUT2D eigenvalue weighted by Gasteiger charge is -2.39. The second-order valence-corrected chi connectivity index (χ2v) is 12.2. The summed E-state index contributed by atoms with van der Waals surface area (Å²) in [5.41, 5.74) is 8.02. The summed E-state index contributed by atoms with van der Waals surface area (Å²) in [6.45, 7) is 8.48. The quantitative estimate of drug-likeness (QED) is 0.411. The first-order valence-corrected chi connectivity index (χ1v) is 13.9. The van der Waals surface area contributed by atoms with E-state index in [1.165, 1.54) is 5.56 Å². The van der Waals surface area contributed by atoms with Crippen LogP contribution in [0.25, 0.3) is 21.8 Å². The van der Waals surface area contributed by atoms with Crippen molar-refractivity contribution < 1.29 is 14.7 Å². The van der Waals surface area contributed by atoms with Crippen LogP contribution in [0.5, 0.6) is 0 Å². The van der Waals surface area contributed by atoms with Crippen molar-refractivity contribution in [1.82, 2.24) is 20.2 Å². The Morgan fingerprint density at radius 1 is 1.24 bits per heavy atom. The standard InChI is InChI=1S/C29H38N6O3/c1-28(2,38)16-34-12-6-18(7-13-34)19-4-5-22-20(14-19)23-24(33-22)21(25(30)36)15-32-26(23)35-11-3-8-29(17-35)9-10-31-27(29)37/h4-5,14-15,18,33,38H,3,6-13,16-17H2,1-2H3,(H2,30,36)(H,31,37). The number of fused-ring (bicyclic) bond motifs is 3. The Kier molecular flexibility index (Phi) is 6.11. The minimum Gasteiger partial charge on any atom is -0.389 e. The number of nitrogens with zero attached hydrogens (tertiary/aromatic N) is 3. The van der Waals surface area contributed by atoms with Crippen molar-refractivity contribution in [3.05, 3.63) is 35.5 Å². The molecule has 5 N–H and O–H groups in total. The molecule has 38 heavy (non-hydrogen) atoms. The minimum atomic E-state index is -0.691. The van der Waals surface area contributed by atoms with Crippen LogP contribution in [0.2, 0.25) is 0 Å². The summed E-state index contributed by atoms with van der Waals surface area (Å²) in [6.07, 6.45) is 6.30. The zero-order chi connectivity index (χ0) is 26.7. The van der Waals surface area contributed by atoms with Crippen LogP contribution < -0.4 is 16.0 Å². The molecule has 6 rings (SSSR count). The maximum atomic E-state index is 12.8. The molecule has 1 unspecified atom stereocenters. The molecule has 0 bridgehead atoms. The van der Waals surface area contributed by atoms with Crippen molar-refractivity contribution in [3.63, 3.8) is 0 Å². The van der Waals surface area contributed by atoms with E-state index < -0.39 is 11.5 Å². The average molecular weight is 519 g/mol. The second-order valence-electron chi connectivity index (χ2n) is 12.2. The number of benzene rings is 1. The molecule has 0 aliphatic carbocycles. The first-order chi connectivity index (χ1) is 18.1. The maximum absolute atomic E-state index is 12.8. The van der Waals surface area contributed by atoms with Crippen LogP contribution in [0.4, 0.5) is 5.82 Å². The van der Waals surface area contributed by atoms with Gasteiger partial charge in [-0.15, -0.1) is 0 Å². The molecule has 3 aliphatic rings. The molecular formula is C29H38N6O3. The fraction of sp³-hybridized carbons (Fsp3) is 0.552. The van der Waals surface area contributed by atoms with Gasteiger partial charge in [0.25, 0.3) is 5.91 Å². The van der Waals surface area contributed by atoms with E-state index in [-0.39, 0.29) is 11.3 Å². The van der Waals surface area contributed by atoms with Crippen molar-refractivity contribution in [2.45, 2.75) is 57.5 Å². The molecule has 3 saturated heterocycles. The molecule has 2 aromatic heterocycles. The number of H-pyrrole nitrogens is 1. The molecule has 1 aromatic carbocycles. The molecule has 3 aromatic rings. The molecule has 1 spiro atoms. The zero-order valence-electron chi connectivity index (χ0n) is 22.3. The van der Waals surface area contributed by atoms with Gasteiger partial charge in [-0.1, -0.05) is 6.07 Å². The predicted molar refractivity (Wildman–Crippen MR) is 148 cm³/mol. The van der Waals surface area contributed by atoms with Crippen LogP contribution in [0.15, 0.2) is 24.4 Å². The maximum Gasteiger partial charge on any atom is 0.252 e. The van der Waals surface area contributed by atoms with Gasteiger partial charge in [0.1, 0.15) is 5.82 Å². The number of carbonyl (C=O) groups excluding carboxylic acids is 2. The summed E-state index contributed by atoms with van der Waals surface area (Å²) >= 11 is 0. The number of amides is 2. The number of aromatic nitrogens is 2. The average Bonchev–Trinajstić information content (AvgIpc) is 3.42. The Morgan fingerprint density at radius 3 is 2.71 bits per heavy atom. The highest BCUT2D eigenvalue weighted by Gasteiger charge is 2.45. The van der Waals surface area contributed by atoms with E-state index in [2.05, 4.69) is 38.3 Å². The van der Waals surface area contributed by atoms with Crippen molar-refractivity contribution in [2.24, 2.45) is 11.1 Å². The monoisotopic (exact) mass is 518 g/mol. The molecule has 3 aliphatic heterocycles. The van der Waals surface area contributed by atoms with Crippen LogP contribution in [0, 0.1) is 5.41 Å². The highest BCUT2D eigenvalue weighted by Crippen LogP contribution is 2.42. The SMILES string of the molecule is CC(C)(O)CN1CCC(c2ccc3[nH]c4c(C(N)=O)cnc(N5CCCC6(CCNC6=O)C5)c4c3c2)CC1. The number of aromatic amines is 1. The predicted octanol–water partition coefficient (Wildman–Crippen LogP) is 2.87. The number of primary amides is 1. The van der Waals surface area contributed by atoms with Gasteiger partial charge in [-0.2, -0.15) is 0 Å². The van der Waals surface area contributed by atoms with E-state index in [0.29, 0.717) is 30.1 Å². The molecule has 9 heteroatoms. The van der Waals surface area contributed by atoms with Gasteiger partial charge in [0.05, 0.1) is 27.5 Å². The van der Waals surface area contributed by atoms with Gasteiger partial charge in [0.15, 0.2) is 0 Å². The first-order valence-electron chi connectivity index (χ1n) is 13.9. The van der Waals surface area contributed by atoms with Gasteiger partial charge in [-0.3, -0.25) is 9.59 Å². The number of β-amino-alcohol motifs (C(OH)–C–C–N with tert-alkyl or cyclic N) is 1. The molecule has 0 radical (unpaired) electrons. The number of pyridine rings is 1. The molecule has 9 nitrogen and oxygen atoms in total. The first kappa shape index (κ1) is 25.1. The molecule has 0 saturated carbocycles. The molecular weight excluding hydrogens is 480 g/mol. The largest absolute Gasteiger partial charge is 0.389 e. The number of hydrogen-bond acceptors (Lipinski definition) is 6. The van der Waals surface area contributed by atoms with E-state index in [9.17, 15) is 14.7 Å². The third-order valence-electron chi connectivity index (χ3n) is 8.81. The van der Waals surface area contributed by atoms with Crippen molar-refractivity contribution in [2.75, 3.05) is 44.2 Å². The van der Waals surface area contributed by atoms with E-state index in [4.69, 9.17) is 10.7 Å². The molecule has 202 valence electrons. The van der Waals surface area contributed by atoms with E-state index in [0.717, 1.165) is 80.4 Å². The van der Waals surface area contributed by atoms with Crippen molar-refractivity contribution in [1.29, 1.82) is 0 Å². The smallest absolute Gasteiger partial charge is 0.252 e. The van der Waals surface area contributed by atoms with Crippen LogP contribution >= 0.6 is 0 Å². The third kappa shape index (κ3) is 4.41. The summed E-state index contributed by atoms with van der Waals surface area (Å²) in [6, 6.07) is 6.54. The summed E-state index contributed by atoms with van der Waals surface area (Å²) in [5.74, 6) is 0.875. The Hall–Kier alpha value is -3.17. The van der Waals surface area contributed by atoms with E-state index in [1.54, 1.807) is 6.20 Å². The van der Waals surface area contributed by atoms with E-state index in [1.807, 2.05) is 13.8 Å². The fourth-order valence-corrected chi connectivity index (χ4v) is 6.97. The Balaban J connectivity index is 1.38. The van der Waals surface area contributed by atoms with Gasteiger partial charge in [-0.25, -0.2) is 4.98 Å². The number of nitrogens with two attached hydrogens (primary N) is 1. The summed E-state index contributed by atoms with van der Waals surface area (Å²) < 4.78 is 0. The minimum absolute atomic E-state index is 0.143. The Morgan fingerprint density at radius 2 is 2.03 bits per heavy atom. The highest BCUT2D eigenvalue weighted by atomic mass is 16.3. The molecule has 1 atom stereocenters. The lowest BCUT2D eigenvalue weighted by molar-refractivity contribution is -0.128. The number of anilines is 1. The number of hydrogen-bond donors (Lipinski definition) is 4. The van der Waals surface area contributed by atoms with Crippen molar-refractivity contribution in [3.8, 4) is 0 Å². The summed E-state index contributed by atoms with van der Waals surface area (Å²) in [7, 11) is 0. The Labute approximate surface area is 222 Å². The number of nitrogens with one attached hydrogen (secondary N) is 2. The summed E-state index contributed by atoms with van der Waals surface area (Å²) in [5, 5.41) is 15.2. The highest BCUT2D eigenvalue weighted by molar-refractivity contribution is 6.18. The number of rotatable bonds is 5. The van der Waals surface area contributed by atoms with Gasteiger partial charge >= 0.3 is 0 Å². The van der Waals surface area contributed by atoms with Gasteiger partial charge in [0, 0.05) is 43.3 Å². The molecule has 3 fully saturated rings. The Bertz CT molecular complexity index is 1400. The normalized spacial score (nSPS) is 23.6. The number of aliphatic hydroxyl groups is 1. The van der Waals surface area contributed by atoms with Gasteiger partial charge < -0.3 is 30.9 Å². The number of piperidine rings is 2. The lowest BCUT2D eigenvalue weighted by Crippen LogP contribution is -2.47. The lowest BCUT2D eigenvalue weighted by atomic mass is 9.78. The van der Waals surface area contributed by atoms with Gasteiger partial charge in [-0.05, 0) is 82.7 Å². The van der Waals surface area contributed by atoms with E-state index >= 15 is 0 Å². The third-order valence-corrected chi connectivity index (χ3v) is 8.81. The molecule has 5 heterocycles. The summed E-state index contributed by atoms with van der Waals surface area (Å²) in [4.78, 5) is 37.9. The topological polar surface area (TPSA) is 128 Å². The van der Waals surface area contributed by atoms with Crippen LogP contribution in [0.3, 0.4) is 0 Å². The molecule has 2 amide bonds. The van der Waals surface area contributed by atoms with Crippen LogP contribution in [-0.4, -0.2) is 76.7 Å². The number of carbonyl (C=O) groups is 2. The fourth-order valence-electron chi connectivity index (χ4n) is 6.97. The number of likely N-dealkylation sites (tertiary alicyclic amines) is 1.